The molecule has 0 radical (unpaired) electrons. The van der Waals surface area contributed by atoms with Crippen molar-refractivity contribution >= 4 is 17.4 Å². The Labute approximate surface area is 214 Å². The largest absolute Gasteiger partial charge is 0.491 e. The van der Waals surface area contributed by atoms with Crippen LogP contribution in [0.2, 0.25) is 0 Å². The highest BCUT2D eigenvalue weighted by molar-refractivity contribution is 5.86. The summed E-state index contributed by atoms with van der Waals surface area (Å²) in [5.74, 6) is 1.30. The van der Waals surface area contributed by atoms with Gasteiger partial charge in [0, 0.05) is 0 Å². The average molecular weight is 497 g/mol. The molecule has 3 aromatic rings. The van der Waals surface area contributed by atoms with Crippen molar-refractivity contribution in [3.8, 4) is 16.9 Å². The summed E-state index contributed by atoms with van der Waals surface area (Å²) in [7, 11) is 0. The van der Waals surface area contributed by atoms with Gasteiger partial charge >= 0.3 is 5.63 Å². The maximum absolute atomic E-state index is 12.3. The first kappa shape index (κ1) is 29.0. The highest BCUT2D eigenvalue weighted by Gasteiger charge is 2.23. The van der Waals surface area contributed by atoms with Gasteiger partial charge in [0.05, 0.1) is 36.6 Å². The van der Waals surface area contributed by atoms with Crippen LogP contribution in [-0.2, 0) is 9.53 Å². The predicted molar refractivity (Wildman–Crippen MR) is 144 cm³/mol. The van der Waals surface area contributed by atoms with Crippen LogP contribution in [0.5, 0.6) is 5.75 Å². The molecule has 196 valence electrons. The second kappa shape index (κ2) is 15.0. The minimum atomic E-state index is -0.398. The molecule has 0 bridgehead atoms. The molecule has 0 aliphatic rings. The summed E-state index contributed by atoms with van der Waals surface area (Å²) >= 11 is 0. The summed E-state index contributed by atoms with van der Waals surface area (Å²) in [6.07, 6.45) is 8.00. The van der Waals surface area contributed by atoms with Gasteiger partial charge in [-0.1, -0.05) is 58.0 Å². The predicted octanol–water partition coefficient (Wildman–Crippen LogP) is 5.98. The van der Waals surface area contributed by atoms with Gasteiger partial charge in [-0.25, -0.2) is 4.79 Å². The molecule has 0 aliphatic heterocycles. The number of hydrogen-bond acceptors (Lipinski definition) is 7. The Kier molecular flexibility index (Phi) is 12.1. The fraction of sp³-hybridized carbons (Fsp3) is 0.483. The Morgan fingerprint density at radius 2 is 1.78 bits per heavy atom. The zero-order chi connectivity index (χ0) is 26.4. The standard InChI is InChI=1S/C21H21NO5.C8H19N/c23-15-25-10-6-1-2-7-11-26-19-13-22-14-20-18(19)12-17(21(24)27-20)16-8-4-3-5-9-16;1-5-8(4,6-9)7(2)3/h3-5,8-9,12-15H,1-2,6-7,10-11H2;7H,5-6,9H2,1-4H3. The van der Waals surface area contributed by atoms with Crippen LogP contribution < -0.4 is 16.1 Å². The van der Waals surface area contributed by atoms with E-state index in [2.05, 4.69) is 37.4 Å². The second-order valence-corrected chi connectivity index (χ2v) is 9.46. The van der Waals surface area contributed by atoms with Gasteiger partial charge in [0.2, 0.25) is 0 Å². The van der Waals surface area contributed by atoms with Gasteiger partial charge in [-0.3, -0.25) is 9.78 Å². The summed E-state index contributed by atoms with van der Waals surface area (Å²) in [6, 6.07) is 11.2. The molecule has 2 N–H and O–H groups in total. The number of nitrogens with two attached hydrogens (primary N) is 1. The molecule has 2 aromatic heterocycles. The van der Waals surface area contributed by atoms with Gasteiger partial charge in [-0.05, 0) is 61.6 Å². The van der Waals surface area contributed by atoms with E-state index in [-0.39, 0.29) is 0 Å². The van der Waals surface area contributed by atoms with Crippen LogP contribution in [0.3, 0.4) is 0 Å². The number of nitrogens with zero attached hydrogens (tertiary/aromatic N) is 1. The third-order valence-electron chi connectivity index (χ3n) is 6.86. The lowest BCUT2D eigenvalue weighted by Crippen LogP contribution is -2.31. The van der Waals surface area contributed by atoms with E-state index in [9.17, 15) is 9.59 Å². The summed E-state index contributed by atoms with van der Waals surface area (Å²) in [6.45, 7) is 11.2. The molecule has 0 amide bonds. The minimum Gasteiger partial charge on any atom is -0.491 e. The number of carbonyl (C=O) groups excluding carboxylic acids is 1. The van der Waals surface area contributed by atoms with Gasteiger partial charge in [0.15, 0.2) is 5.58 Å². The van der Waals surface area contributed by atoms with E-state index in [1.807, 2.05) is 30.3 Å². The average Bonchev–Trinajstić information content (AvgIpc) is 2.90. The second-order valence-electron chi connectivity index (χ2n) is 9.46. The zero-order valence-electron chi connectivity index (χ0n) is 22.0. The molecule has 7 heteroatoms. The molecule has 7 nitrogen and oxygen atoms in total. The number of hydrogen-bond donors (Lipinski definition) is 1. The van der Waals surface area contributed by atoms with Crippen molar-refractivity contribution in [3.63, 3.8) is 0 Å². The Hall–Kier alpha value is -3.19. The van der Waals surface area contributed by atoms with Crippen LogP contribution >= 0.6 is 0 Å². The van der Waals surface area contributed by atoms with Crippen LogP contribution in [0.4, 0.5) is 0 Å². The van der Waals surface area contributed by atoms with E-state index < -0.39 is 5.63 Å². The molecule has 3 rings (SSSR count). The van der Waals surface area contributed by atoms with Crippen molar-refractivity contribution in [2.75, 3.05) is 19.8 Å². The number of benzene rings is 1. The molecule has 0 fully saturated rings. The van der Waals surface area contributed by atoms with Gasteiger partial charge in [0.1, 0.15) is 5.75 Å². The van der Waals surface area contributed by atoms with Crippen LogP contribution in [0.1, 0.15) is 59.8 Å². The number of rotatable bonds is 13. The summed E-state index contributed by atoms with van der Waals surface area (Å²) < 4.78 is 16.0. The monoisotopic (exact) mass is 496 g/mol. The third kappa shape index (κ3) is 8.48. The van der Waals surface area contributed by atoms with Crippen molar-refractivity contribution in [1.82, 2.24) is 4.98 Å². The van der Waals surface area contributed by atoms with Gasteiger partial charge < -0.3 is 19.6 Å². The van der Waals surface area contributed by atoms with Crippen LogP contribution in [-0.4, -0.2) is 31.2 Å². The Balaban J connectivity index is 0.000000434. The minimum absolute atomic E-state index is 0.361. The molecule has 0 saturated heterocycles. The number of fused-ring (bicyclic) bond motifs is 1. The fourth-order valence-electron chi connectivity index (χ4n) is 3.61. The maximum atomic E-state index is 12.3. The molecule has 0 saturated carbocycles. The normalized spacial score (nSPS) is 12.5. The van der Waals surface area contributed by atoms with Gasteiger partial charge in [0.25, 0.3) is 6.47 Å². The summed E-state index contributed by atoms with van der Waals surface area (Å²) in [4.78, 5) is 26.4. The number of carbonyl (C=O) groups is 1. The van der Waals surface area contributed by atoms with Crippen molar-refractivity contribution in [3.05, 3.63) is 59.2 Å². The number of aromatic nitrogens is 1. The number of ether oxygens (including phenoxy) is 2. The van der Waals surface area contributed by atoms with E-state index in [0.29, 0.717) is 47.9 Å². The molecule has 36 heavy (non-hydrogen) atoms. The lowest BCUT2D eigenvalue weighted by Gasteiger charge is -2.30. The maximum Gasteiger partial charge on any atom is 0.344 e. The topological polar surface area (TPSA) is 105 Å². The SMILES string of the molecule is CCC(C)(CN)C(C)C.O=COCCCCCCOc1cncc2oc(=O)c(-c3ccccc3)cc12. The van der Waals surface area contributed by atoms with Crippen LogP contribution in [0, 0.1) is 11.3 Å². The summed E-state index contributed by atoms with van der Waals surface area (Å²) in [5, 5.41) is 0.725. The number of pyridine rings is 1. The van der Waals surface area contributed by atoms with Crippen molar-refractivity contribution < 1.29 is 18.7 Å². The van der Waals surface area contributed by atoms with E-state index >= 15 is 0 Å². The fourth-order valence-corrected chi connectivity index (χ4v) is 3.61. The molecule has 0 spiro atoms. The van der Waals surface area contributed by atoms with E-state index in [0.717, 1.165) is 43.2 Å². The van der Waals surface area contributed by atoms with E-state index in [4.69, 9.17) is 14.9 Å². The van der Waals surface area contributed by atoms with Gasteiger partial charge in [-0.15, -0.1) is 0 Å². The third-order valence-corrected chi connectivity index (χ3v) is 6.86. The van der Waals surface area contributed by atoms with Crippen LogP contribution in [0.15, 0.2) is 58.0 Å². The van der Waals surface area contributed by atoms with Crippen molar-refractivity contribution in [2.24, 2.45) is 17.1 Å². The van der Waals surface area contributed by atoms with Gasteiger partial charge in [-0.2, -0.15) is 0 Å². The lowest BCUT2D eigenvalue weighted by molar-refractivity contribution is -0.128. The molecular weight excluding hydrogens is 456 g/mol. The molecule has 1 unspecified atom stereocenters. The Bertz CT molecular complexity index is 1110. The summed E-state index contributed by atoms with van der Waals surface area (Å²) in [5.41, 5.74) is 7.28. The molecule has 2 heterocycles. The van der Waals surface area contributed by atoms with E-state index in [1.54, 1.807) is 12.3 Å². The quantitative estimate of drug-likeness (QED) is 0.229. The molecule has 1 atom stereocenters. The van der Waals surface area contributed by atoms with Crippen molar-refractivity contribution in [1.29, 1.82) is 0 Å². The first-order chi connectivity index (χ1) is 17.4. The first-order valence-corrected chi connectivity index (χ1v) is 12.7. The highest BCUT2D eigenvalue weighted by Crippen LogP contribution is 2.29. The number of unbranched alkanes of at least 4 members (excludes halogenated alkanes) is 3. The lowest BCUT2D eigenvalue weighted by atomic mass is 9.77. The molecular formula is C29H40N2O5. The smallest absolute Gasteiger partial charge is 0.344 e. The molecule has 0 aliphatic carbocycles. The van der Waals surface area contributed by atoms with E-state index in [1.165, 1.54) is 12.6 Å². The highest BCUT2D eigenvalue weighted by atomic mass is 16.5. The van der Waals surface area contributed by atoms with Crippen molar-refractivity contribution in [2.45, 2.75) is 59.8 Å². The Morgan fingerprint density at radius 3 is 2.36 bits per heavy atom. The van der Waals surface area contributed by atoms with Crippen LogP contribution in [0.25, 0.3) is 22.1 Å². The Morgan fingerprint density at radius 1 is 1.08 bits per heavy atom. The molecule has 1 aromatic carbocycles. The first-order valence-electron chi connectivity index (χ1n) is 12.7. The zero-order valence-corrected chi connectivity index (χ0v) is 22.0.